The second-order valence-corrected chi connectivity index (χ2v) is 7.09. The van der Waals surface area contributed by atoms with Crippen LogP contribution in [0.3, 0.4) is 0 Å². The van der Waals surface area contributed by atoms with Crippen LogP contribution in [0.1, 0.15) is 31.2 Å². The van der Waals surface area contributed by atoms with Crippen molar-refractivity contribution in [3.8, 4) is 0 Å². The van der Waals surface area contributed by atoms with E-state index in [4.69, 9.17) is 0 Å². The molecule has 1 aliphatic carbocycles. The number of amides is 1. The van der Waals surface area contributed by atoms with Gasteiger partial charge in [0.1, 0.15) is 4.60 Å². The average molecular weight is 426 g/mol. The predicted molar refractivity (Wildman–Crippen MR) is 90.4 cm³/mol. The van der Waals surface area contributed by atoms with E-state index in [-0.39, 0.29) is 5.91 Å². The molecule has 1 amide bonds. The minimum atomic E-state index is -0.536. The van der Waals surface area contributed by atoms with E-state index in [1.54, 1.807) is 24.8 Å². The number of anilines is 1. The zero-order valence-corrected chi connectivity index (χ0v) is 14.9. The molecule has 2 heterocycles. The van der Waals surface area contributed by atoms with Crippen LogP contribution in [0.2, 0.25) is 0 Å². The molecule has 0 aliphatic heterocycles. The van der Waals surface area contributed by atoms with Gasteiger partial charge in [0.05, 0.1) is 17.8 Å². The molecule has 1 fully saturated rings. The van der Waals surface area contributed by atoms with Crippen molar-refractivity contribution in [1.29, 1.82) is 0 Å². The average Bonchev–Trinajstić information content (AvgIpc) is 3.00. The lowest BCUT2D eigenvalue weighted by atomic mass is 9.79. The zero-order chi connectivity index (χ0) is 15.6. The number of nitrogens with zero attached hydrogens (tertiary/aromatic N) is 3. The third kappa shape index (κ3) is 3.05. The highest BCUT2D eigenvalue weighted by molar-refractivity contribution is 9.10. The Labute approximate surface area is 145 Å². The monoisotopic (exact) mass is 424 g/mol. The van der Waals surface area contributed by atoms with Gasteiger partial charge in [-0.3, -0.25) is 9.78 Å². The van der Waals surface area contributed by atoms with Crippen LogP contribution in [0.5, 0.6) is 0 Å². The number of carbonyl (C=O) groups excluding carboxylic acids is 1. The Balaban J connectivity index is 1.90. The fourth-order valence-electron chi connectivity index (χ4n) is 2.91. The van der Waals surface area contributed by atoms with Gasteiger partial charge in [0.2, 0.25) is 5.91 Å². The lowest BCUT2D eigenvalue weighted by molar-refractivity contribution is -0.121. The van der Waals surface area contributed by atoms with Crippen molar-refractivity contribution < 1.29 is 4.79 Å². The summed E-state index contributed by atoms with van der Waals surface area (Å²) in [6.45, 7) is 0. The van der Waals surface area contributed by atoms with Gasteiger partial charge in [0.15, 0.2) is 5.82 Å². The Hall–Kier alpha value is -1.34. The molecule has 1 aliphatic rings. The van der Waals surface area contributed by atoms with Gasteiger partial charge >= 0.3 is 0 Å². The smallest absolute Gasteiger partial charge is 0.236 e. The van der Waals surface area contributed by atoms with Crippen LogP contribution >= 0.6 is 31.9 Å². The number of pyridine rings is 1. The Morgan fingerprint density at radius 2 is 1.86 bits per heavy atom. The summed E-state index contributed by atoms with van der Waals surface area (Å²) in [5.41, 5.74) is 0.410. The van der Waals surface area contributed by atoms with Crippen molar-refractivity contribution in [2.24, 2.45) is 0 Å². The van der Waals surface area contributed by atoms with E-state index in [1.807, 2.05) is 6.07 Å². The number of hydrogen-bond donors (Lipinski definition) is 1. The molecule has 0 aromatic carbocycles. The quantitative estimate of drug-likeness (QED) is 0.810. The van der Waals surface area contributed by atoms with Gasteiger partial charge < -0.3 is 5.32 Å². The third-order valence-electron chi connectivity index (χ3n) is 4.01. The predicted octanol–water partition coefficient (Wildman–Crippen LogP) is 3.85. The number of rotatable bonds is 3. The molecule has 0 radical (unpaired) electrons. The number of nitrogens with one attached hydrogen (secondary N) is 1. The summed E-state index contributed by atoms with van der Waals surface area (Å²) in [6, 6.07) is 1.98. The molecular weight excluding hydrogens is 412 g/mol. The fourth-order valence-corrected chi connectivity index (χ4v) is 3.48. The molecule has 0 saturated heterocycles. The van der Waals surface area contributed by atoms with Gasteiger partial charge in [0, 0.05) is 16.9 Å². The molecule has 114 valence electrons. The van der Waals surface area contributed by atoms with Crippen LogP contribution in [-0.4, -0.2) is 20.9 Å². The number of halogens is 2. The van der Waals surface area contributed by atoms with E-state index >= 15 is 0 Å². The molecule has 2 aromatic heterocycles. The van der Waals surface area contributed by atoms with Crippen LogP contribution in [0.15, 0.2) is 39.9 Å². The Morgan fingerprint density at radius 1 is 1.09 bits per heavy atom. The van der Waals surface area contributed by atoms with E-state index in [0.29, 0.717) is 10.4 Å². The lowest BCUT2D eigenvalue weighted by Gasteiger charge is -2.27. The van der Waals surface area contributed by atoms with Crippen LogP contribution in [0.25, 0.3) is 0 Å². The molecule has 0 atom stereocenters. The molecule has 0 bridgehead atoms. The summed E-state index contributed by atoms with van der Waals surface area (Å²) in [6.07, 6.45) is 10.3. The highest BCUT2D eigenvalue weighted by Crippen LogP contribution is 2.42. The first-order chi connectivity index (χ1) is 10.6. The third-order valence-corrected chi connectivity index (χ3v) is 4.85. The molecule has 3 rings (SSSR count). The Bertz CT molecular complexity index is 684. The number of aromatic nitrogens is 3. The molecular formula is C15H14Br2N4O. The Kier molecular flexibility index (Phi) is 4.54. The summed E-state index contributed by atoms with van der Waals surface area (Å²) in [7, 11) is 0. The highest BCUT2D eigenvalue weighted by atomic mass is 79.9. The Morgan fingerprint density at radius 3 is 2.50 bits per heavy atom. The summed E-state index contributed by atoms with van der Waals surface area (Å²) in [5, 5.41) is 2.89. The van der Waals surface area contributed by atoms with Crippen molar-refractivity contribution in [1.82, 2.24) is 15.0 Å². The van der Waals surface area contributed by atoms with Crippen LogP contribution in [-0.2, 0) is 10.2 Å². The largest absolute Gasteiger partial charge is 0.309 e. The van der Waals surface area contributed by atoms with Gasteiger partial charge in [-0.1, -0.05) is 12.8 Å². The van der Waals surface area contributed by atoms with Gasteiger partial charge in [-0.15, -0.1) is 0 Å². The van der Waals surface area contributed by atoms with E-state index in [2.05, 4.69) is 52.1 Å². The lowest BCUT2D eigenvalue weighted by Crippen LogP contribution is -2.38. The topological polar surface area (TPSA) is 67.8 Å². The summed E-state index contributed by atoms with van der Waals surface area (Å²) >= 11 is 6.67. The van der Waals surface area contributed by atoms with E-state index in [1.165, 1.54) is 0 Å². The zero-order valence-electron chi connectivity index (χ0n) is 11.7. The normalized spacial score (nSPS) is 16.5. The SMILES string of the molecule is O=C(Nc1cnc(Br)cn1)C1(c2cncc(Br)c2)CCCC1. The van der Waals surface area contributed by atoms with Gasteiger partial charge in [-0.2, -0.15) is 0 Å². The van der Waals surface area contributed by atoms with Crippen molar-refractivity contribution >= 4 is 43.6 Å². The van der Waals surface area contributed by atoms with Crippen LogP contribution < -0.4 is 5.32 Å². The van der Waals surface area contributed by atoms with Crippen molar-refractivity contribution in [3.05, 3.63) is 45.5 Å². The molecule has 0 spiro atoms. The first-order valence-corrected chi connectivity index (χ1v) is 8.59. The molecule has 22 heavy (non-hydrogen) atoms. The maximum atomic E-state index is 12.9. The van der Waals surface area contributed by atoms with Crippen molar-refractivity contribution in [3.63, 3.8) is 0 Å². The van der Waals surface area contributed by atoms with Gasteiger partial charge in [0.25, 0.3) is 0 Å². The van der Waals surface area contributed by atoms with Crippen LogP contribution in [0, 0.1) is 0 Å². The summed E-state index contributed by atoms with van der Waals surface area (Å²) < 4.78 is 1.52. The highest BCUT2D eigenvalue weighted by Gasteiger charge is 2.43. The fraction of sp³-hybridized carbons (Fsp3) is 0.333. The van der Waals surface area contributed by atoms with E-state index in [0.717, 1.165) is 35.7 Å². The minimum absolute atomic E-state index is 0.0403. The first-order valence-electron chi connectivity index (χ1n) is 7.00. The second-order valence-electron chi connectivity index (χ2n) is 5.36. The van der Waals surface area contributed by atoms with Crippen LogP contribution in [0.4, 0.5) is 5.82 Å². The first kappa shape index (κ1) is 15.6. The van der Waals surface area contributed by atoms with E-state index in [9.17, 15) is 4.79 Å². The molecule has 5 nitrogen and oxygen atoms in total. The maximum absolute atomic E-state index is 12.9. The van der Waals surface area contributed by atoms with Crippen molar-refractivity contribution in [2.45, 2.75) is 31.1 Å². The van der Waals surface area contributed by atoms with E-state index < -0.39 is 5.41 Å². The molecule has 0 unspecified atom stereocenters. The number of hydrogen-bond acceptors (Lipinski definition) is 4. The standard InChI is InChI=1S/C15H14Br2N4O/c16-11-5-10(6-18-7-11)15(3-1-2-4-15)14(22)21-13-9-19-12(17)8-20-13/h5-9H,1-4H2,(H,20,21,22). The summed E-state index contributed by atoms with van der Waals surface area (Å²) in [4.78, 5) is 25.4. The summed E-state index contributed by atoms with van der Waals surface area (Å²) in [5.74, 6) is 0.420. The van der Waals surface area contributed by atoms with Gasteiger partial charge in [-0.25, -0.2) is 9.97 Å². The molecule has 7 heteroatoms. The number of carbonyl (C=O) groups is 1. The van der Waals surface area contributed by atoms with Gasteiger partial charge in [-0.05, 0) is 56.3 Å². The molecule has 1 N–H and O–H groups in total. The maximum Gasteiger partial charge on any atom is 0.236 e. The van der Waals surface area contributed by atoms with Crippen molar-refractivity contribution in [2.75, 3.05) is 5.32 Å². The molecule has 2 aromatic rings. The second kappa shape index (κ2) is 6.42. The minimum Gasteiger partial charge on any atom is -0.309 e. The molecule has 1 saturated carbocycles.